The molecule has 0 unspecified atom stereocenters. The van der Waals surface area contributed by atoms with E-state index in [2.05, 4.69) is 39.0 Å². The largest absolute Gasteiger partial charge is 0.334 e. The minimum atomic E-state index is 0.209. The number of carbonyl (C=O) groups is 1. The maximum absolute atomic E-state index is 12.1. The zero-order chi connectivity index (χ0) is 13.4. The van der Waals surface area contributed by atoms with Crippen molar-refractivity contribution in [3.63, 3.8) is 0 Å². The highest BCUT2D eigenvalue weighted by Gasteiger charge is 2.12. The van der Waals surface area contributed by atoms with Gasteiger partial charge >= 0.3 is 0 Å². The van der Waals surface area contributed by atoms with Gasteiger partial charge < -0.3 is 4.90 Å². The van der Waals surface area contributed by atoms with Gasteiger partial charge in [-0.3, -0.25) is 4.79 Å². The summed E-state index contributed by atoms with van der Waals surface area (Å²) in [5.74, 6) is 0.768. The number of rotatable bonds is 6. The lowest BCUT2D eigenvalue weighted by molar-refractivity contribution is 0.223. The van der Waals surface area contributed by atoms with Crippen LogP contribution >= 0.6 is 11.8 Å². The molecule has 0 fully saturated rings. The van der Waals surface area contributed by atoms with Crippen molar-refractivity contribution < 1.29 is 4.79 Å². The third kappa shape index (κ3) is 5.13. The van der Waals surface area contributed by atoms with E-state index in [9.17, 15) is 4.79 Å². The van der Waals surface area contributed by atoms with E-state index in [-0.39, 0.29) is 5.24 Å². The summed E-state index contributed by atoms with van der Waals surface area (Å²) in [5, 5.41) is 0.209. The number of hydrogen-bond acceptors (Lipinski definition) is 2. The van der Waals surface area contributed by atoms with Crippen LogP contribution in [0.5, 0.6) is 0 Å². The van der Waals surface area contributed by atoms with Crippen molar-refractivity contribution in [2.24, 2.45) is 0 Å². The second-order valence-corrected chi connectivity index (χ2v) is 5.46. The maximum atomic E-state index is 12.1. The van der Waals surface area contributed by atoms with Gasteiger partial charge in [0.2, 0.25) is 0 Å². The zero-order valence-electron chi connectivity index (χ0n) is 11.6. The van der Waals surface area contributed by atoms with Crippen LogP contribution in [-0.2, 0) is 5.75 Å². The van der Waals surface area contributed by atoms with Crippen LogP contribution < -0.4 is 0 Å². The fourth-order valence-corrected chi connectivity index (χ4v) is 2.71. The Kier molecular flexibility index (Phi) is 6.88. The molecule has 1 amide bonds. The number of benzene rings is 1. The maximum Gasteiger partial charge on any atom is 0.281 e. The van der Waals surface area contributed by atoms with E-state index in [0.717, 1.165) is 31.7 Å². The van der Waals surface area contributed by atoms with Gasteiger partial charge in [0.1, 0.15) is 0 Å². The summed E-state index contributed by atoms with van der Waals surface area (Å²) in [6, 6.07) is 8.35. The molecule has 0 heterocycles. The average Bonchev–Trinajstić information content (AvgIpc) is 2.36. The molecule has 0 aromatic heterocycles. The fraction of sp³-hybridized carbons (Fsp3) is 0.533. The Morgan fingerprint density at radius 2 is 1.89 bits per heavy atom. The first kappa shape index (κ1) is 15.1. The number of thioether (sulfide) groups is 1. The van der Waals surface area contributed by atoms with Gasteiger partial charge in [0, 0.05) is 18.8 Å². The molecule has 0 saturated carbocycles. The van der Waals surface area contributed by atoms with E-state index in [0.29, 0.717) is 0 Å². The molecule has 2 nitrogen and oxygen atoms in total. The molecule has 0 radical (unpaired) electrons. The lowest BCUT2D eigenvalue weighted by Crippen LogP contribution is -2.29. The predicted molar refractivity (Wildman–Crippen MR) is 80.0 cm³/mol. The highest BCUT2D eigenvalue weighted by Crippen LogP contribution is 2.17. The van der Waals surface area contributed by atoms with Gasteiger partial charge in [0.05, 0.1) is 0 Å². The molecule has 1 aromatic rings. The molecule has 0 N–H and O–H groups in total. The first-order valence-electron chi connectivity index (χ1n) is 6.64. The number of carbonyl (C=O) groups excluding carboxylic acids is 1. The fourth-order valence-electron chi connectivity index (χ4n) is 1.87. The van der Waals surface area contributed by atoms with E-state index in [1.54, 1.807) is 0 Å². The molecule has 0 atom stereocenters. The Hall–Kier alpha value is -0.960. The van der Waals surface area contributed by atoms with Gasteiger partial charge in [-0.15, -0.1) is 0 Å². The van der Waals surface area contributed by atoms with Crippen LogP contribution in [0.15, 0.2) is 24.3 Å². The summed E-state index contributed by atoms with van der Waals surface area (Å²) in [4.78, 5) is 14.0. The van der Waals surface area contributed by atoms with Crippen molar-refractivity contribution in [2.45, 2.75) is 39.4 Å². The van der Waals surface area contributed by atoms with E-state index in [1.165, 1.54) is 22.9 Å². The summed E-state index contributed by atoms with van der Waals surface area (Å²) in [5.41, 5.74) is 2.47. The van der Waals surface area contributed by atoms with Crippen molar-refractivity contribution in [1.82, 2.24) is 4.90 Å². The molecule has 0 spiro atoms. The van der Waals surface area contributed by atoms with Crippen LogP contribution in [0, 0.1) is 6.92 Å². The van der Waals surface area contributed by atoms with Crippen molar-refractivity contribution in [3.05, 3.63) is 35.4 Å². The van der Waals surface area contributed by atoms with Gasteiger partial charge in [-0.2, -0.15) is 0 Å². The predicted octanol–water partition coefficient (Wildman–Crippen LogP) is 4.47. The van der Waals surface area contributed by atoms with E-state index >= 15 is 0 Å². The van der Waals surface area contributed by atoms with Crippen molar-refractivity contribution in [2.75, 3.05) is 13.1 Å². The topological polar surface area (TPSA) is 20.3 Å². The second-order valence-electron chi connectivity index (χ2n) is 4.53. The lowest BCUT2D eigenvalue weighted by Gasteiger charge is -2.20. The molecule has 100 valence electrons. The van der Waals surface area contributed by atoms with Gasteiger partial charge in [-0.05, 0) is 25.3 Å². The first-order valence-corrected chi connectivity index (χ1v) is 7.63. The zero-order valence-corrected chi connectivity index (χ0v) is 12.4. The Labute approximate surface area is 115 Å². The highest BCUT2D eigenvalue weighted by molar-refractivity contribution is 8.12. The van der Waals surface area contributed by atoms with Gasteiger partial charge in [0.25, 0.3) is 5.24 Å². The summed E-state index contributed by atoms with van der Waals surface area (Å²) >= 11 is 1.41. The Balaban J connectivity index is 2.48. The molecular weight excluding hydrogens is 242 g/mol. The number of nitrogens with zero attached hydrogens (tertiary/aromatic N) is 1. The molecule has 0 bridgehead atoms. The van der Waals surface area contributed by atoms with Gasteiger partial charge in [0.15, 0.2) is 0 Å². The summed E-state index contributed by atoms with van der Waals surface area (Å²) in [7, 11) is 0. The molecule has 1 aromatic carbocycles. The summed E-state index contributed by atoms with van der Waals surface area (Å²) in [6.07, 6.45) is 2.05. The second kappa shape index (κ2) is 8.20. The Morgan fingerprint density at radius 3 is 2.44 bits per heavy atom. The molecule has 0 aliphatic heterocycles. The Bertz CT molecular complexity index is 373. The first-order chi connectivity index (χ1) is 8.67. The van der Waals surface area contributed by atoms with Crippen LogP contribution in [-0.4, -0.2) is 23.2 Å². The SMILES string of the molecule is CCCN(CCC)C(=O)SCc1cccc(C)c1. The minimum Gasteiger partial charge on any atom is -0.334 e. The third-order valence-electron chi connectivity index (χ3n) is 2.69. The minimum absolute atomic E-state index is 0.209. The normalized spacial score (nSPS) is 10.4. The van der Waals surface area contributed by atoms with Crippen LogP contribution in [0.4, 0.5) is 4.79 Å². The van der Waals surface area contributed by atoms with Crippen molar-refractivity contribution in [3.8, 4) is 0 Å². The van der Waals surface area contributed by atoms with E-state index < -0.39 is 0 Å². The van der Waals surface area contributed by atoms with E-state index in [1.807, 2.05) is 11.0 Å². The van der Waals surface area contributed by atoms with Gasteiger partial charge in [-0.25, -0.2) is 0 Å². The molecule has 18 heavy (non-hydrogen) atoms. The third-order valence-corrected chi connectivity index (χ3v) is 3.67. The van der Waals surface area contributed by atoms with Crippen molar-refractivity contribution >= 4 is 17.0 Å². The Morgan fingerprint density at radius 1 is 1.22 bits per heavy atom. The quantitative estimate of drug-likeness (QED) is 0.756. The lowest BCUT2D eigenvalue weighted by atomic mass is 10.2. The van der Waals surface area contributed by atoms with Crippen molar-refractivity contribution in [1.29, 1.82) is 0 Å². The number of hydrogen-bond donors (Lipinski definition) is 0. The molecule has 0 aliphatic rings. The standard InChI is InChI=1S/C15H23NOS/c1-4-9-16(10-5-2)15(17)18-12-14-8-6-7-13(3)11-14/h6-8,11H,4-5,9-10,12H2,1-3H3. The van der Waals surface area contributed by atoms with Crippen LogP contribution in [0.1, 0.15) is 37.8 Å². The number of amides is 1. The molecular formula is C15H23NOS. The van der Waals surface area contributed by atoms with Crippen LogP contribution in [0.2, 0.25) is 0 Å². The molecule has 3 heteroatoms. The van der Waals surface area contributed by atoms with E-state index in [4.69, 9.17) is 0 Å². The molecule has 0 aliphatic carbocycles. The summed E-state index contributed by atoms with van der Waals surface area (Å²) < 4.78 is 0. The molecule has 1 rings (SSSR count). The average molecular weight is 265 g/mol. The number of aryl methyl sites for hydroxylation is 1. The summed E-state index contributed by atoms with van der Waals surface area (Å²) in [6.45, 7) is 8.04. The van der Waals surface area contributed by atoms with Crippen LogP contribution in [0.3, 0.4) is 0 Å². The monoisotopic (exact) mass is 265 g/mol. The van der Waals surface area contributed by atoms with Crippen LogP contribution in [0.25, 0.3) is 0 Å². The molecule has 0 saturated heterocycles. The van der Waals surface area contributed by atoms with Gasteiger partial charge in [-0.1, -0.05) is 55.4 Å². The highest BCUT2D eigenvalue weighted by atomic mass is 32.2. The smallest absolute Gasteiger partial charge is 0.281 e.